The quantitative estimate of drug-likeness (QED) is 0.113. The van der Waals surface area contributed by atoms with E-state index < -0.39 is 0 Å². The second-order valence-corrected chi connectivity index (χ2v) is 9.07. The van der Waals surface area contributed by atoms with Gasteiger partial charge in [-0.3, -0.25) is 4.79 Å². The van der Waals surface area contributed by atoms with Crippen LogP contribution in [0, 0.1) is 5.82 Å². The highest BCUT2D eigenvalue weighted by molar-refractivity contribution is 7.99. The van der Waals surface area contributed by atoms with Gasteiger partial charge in [-0.25, -0.2) is 14.5 Å². The normalized spacial score (nSPS) is 11.0. The number of nitrogens with two attached hydrogens (primary N) is 1. The fourth-order valence-electron chi connectivity index (χ4n) is 3.06. The van der Waals surface area contributed by atoms with Gasteiger partial charge in [0.05, 0.1) is 12.0 Å². The molecule has 0 bridgehead atoms. The number of para-hydroxylation sites is 1. The molecule has 0 saturated carbocycles. The monoisotopic (exact) mass is 539 g/mol. The van der Waals surface area contributed by atoms with E-state index in [-0.39, 0.29) is 23.4 Å². The van der Waals surface area contributed by atoms with Crippen molar-refractivity contribution in [2.24, 2.45) is 5.10 Å². The molecule has 4 N–H and O–H groups in total. The second kappa shape index (κ2) is 12.7. The van der Waals surface area contributed by atoms with Crippen LogP contribution in [0.2, 0.25) is 5.02 Å². The van der Waals surface area contributed by atoms with Crippen LogP contribution >= 0.6 is 23.4 Å². The van der Waals surface area contributed by atoms with E-state index in [1.54, 1.807) is 18.3 Å². The number of amides is 1. The number of halogens is 2. The number of nitrogens with zero attached hydrogens (tertiary/aromatic N) is 4. The highest BCUT2D eigenvalue weighted by Crippen LogP contribution is 2.19. The number of benzene rings is 3. The lowest BCUT2D eigenvalue weighted by Gasteiger charge is -2.09. The molecule has 0 aliphatic carbocycles. The van der Waals surface area contributed by atoms with Crippen LogP contribution in [0.5, 0.6) is 5.75 Å². The Labute approximate surface area is 221 Å². The van der Waals surface area contributed by atoms with Crippen LogP contribution in [0.15, 0.2) is 83.1 Å². The standard InChI is InChI=1S/C25H23ClFN7O2S/c26-20-9-5-18(6-10-20)15-36-22-4-2-1-3-19(22)14-30-31-24-32-33-25(34(24)28)37-16-23(35)29-13-17-7-11-21(27)12-8-17/h1-12,14H,13,15-16,28H2,(H,29,35)(H,31,32)/b30-14+. The highest BCUT2D eigenvalue weighted by Gasteiger charge is 2.12. The Morgan fingerprint density at radius 2 is 1.81 bits per heavy atom. The summed E-state index contributed by atoms with van der Waals surface area (Å²) >= 11 is 7.05. The van der Waals surface area contributed by atoms with E-state index >= 15 is 0 Å². The van der Waals surface area contributed by atoms with Crippen molar-refractivity contribution in [2.45, 2.75) is 18.3 Å². The summed E-state index contributed by atoms with van der Waals surface area (Å²) < 4.78 is 20.1. The summed E-state index contributed by atoms with van der Waals surface area (Å²) in [5, 5.41) is 15.9. The average Bonchev–Trinajstić information content (AvgIpc) is 3.26. The summed E-state index contributed by atoms with van der Waals surface area (Å²) in [7, 11) is 0. The van der Waals surface area contributed by atoms with Gasteiger partial charge in [0.25, 0.3) is 5.95 Å². The Morgan fingerprint density at radius 3 is 2.59 bits per heavy atom. The van der Waals surface area contributed by atoms with Crippen molar-refractivity contribution in [1.82, 2.24) is 20.2 Å². The SMILES string of the molecule is Nn1c(N/N=C/c2ccccc2OCc2ccc(Cl)cc2)nnc1SCC(=O)NCc1ccc(F)cc1. The molecule has 0 aliphatic heterocycles. The number of aromatic nitrogens is 3. The Balaban J connectivity index is 1.27. The smallest absolute Gasteiger partial charge is 0.264 e. The van der Waals surface area contributed by atoms with Gasteiger partial charge in [0.2, 0.25) is 11.1 Å². The lowest BCUT2D eigenvalue weighted by molar-refractivity contribution is -0.118. The van der Waals surface area contributed by atoms with Gasteiger partial charge in [-0.2, -0.15) is 5.10 Å². The molecule has 190 valence electrons. The number of hydrogen-bond donors (Lipinski definition) is 3. The van der Waals surface area contributed by atoms with Crippen LogP contribution in [-0.4, -0.2) is 32.7 Å². The van der Waals surface area contributed by atoms with E-state index in [4.69, 9.17) is 22.2 Å². The summed E-state index contributed by atoms with van der Waals surface area (Å²) in [6.07, 6.45) is 1.58. The van der Waals surface area contributed by atoms with Gasteiger partial charge in [0, 0.05) is 17.1 Å². The zero-order chi connectivity index (χ0) is 26.0. The van der Waals surface area contributed by atoms with Gasteiger partial charge in [0.15, 0.2) is 0 Å². The van der Waals surface area contributed by atoms with Crippen LogP contribution in [-0.2, 0) is 17.9 Å². The van der Waals surface area contributed by atoms with Crippen LogP contribution in [0.25, 0.3) is 0 Å². The van der Waals surface area contributed by atoms with Gasteiger partial charge in [-0.05, 0) is 47.5 Å². The average molecular weight is 540 g/mol. The number of nitrogen functional groups attached to an aromatic ring is 1. The fourth-order valence-corrected chi connectivity index (χ4v) is 3.87. The van der Waals surface area contributed by atoms with E-state index in [1.165, 1.54) is 16.8 Å². The molecule has 0 unspecified atom stereocenters. The Hall–Kier alpha value is -4.09. The maximum absolute atomic E-state index is 13.0. The van der Waals surface area contributed by atoms with Crippen molar-refractivity contribution in [1.29, 1.82) is 0 Å². The molecule has 9 nitrogen and oxygen atoms in total. The van der Waals surface area contributed by atoms with Crippen molar-refractivity contribution in [3.63, 3.8) is 0 Å². The summed E-state index contributed by atoms with van der Waals surface area (Å²) in [5.74, 6) is 6.42. The molecule has 1 heterocycles. The van der Waals surface area contributed by atoms with Crippen LogP contribution in [0.3, 0.4) is 0 Å². The molecular weight excluding hydrogens is 517 g/mol. The predicted molar refractivity (Wildman–Crippen MR) is 143 cm³/mol. The van der Waals surface area contributed by atoms with Gasteiger partial charge in [0.1, 0.15) is 18.2 Å². The number of carbonyl (C=O) groups is 1. The number of rotatable bonds is 11. The van der Waals surface area contributed by atoms with Gasteiger partial charge in [-0.1, -0.05) is 59.8 Å². The lowest BCUT2D eigenvalue weighted by atomic mass is 10.2. The maximum Gasteiger partial charge on any atom is 0.264 e. The molecule has 0 fully saturated rings. The molecule has 0 saturated heterocycles. The van der Waals surface area contributed by atoms with E-state index in [1.807, 2.05) is 48.5 Å². The number of hydrazone groups is 1. The fraction of sp³-hybridized carbons (Fsp3) is 0.120. The van der Waals surface area contributed by atoms with E-state index in [2.05, 4.69) is 26.0 Å². The number of anilines is 1. The zero-order valence-electron chi connectivity index (χ0n) is 19.5. The summed E-state index contributed by atoms with van der Waals surface area (Å²) in [4.78, 5) is 12.1. The molecule has 0 aliphatic rings. The molecule has 4 aromatic rings. The van der Waals surface area contributed by atoms with Crippen LogP contribution in [0.4, 0.5) is 10.3 Å². The van der Waals surface area contributed by atoms with Crippen LogP contribution in [0.1, 0.15) is 16.7 Å². The van der Waals surface area contributed by atoms with E-state index in [9.17, 15) is 9.18 Å². The molecule has 0 atom stereocenters. The van der Waals surface area contributed by atoms with Gasteiger partial charge in [-0.15, -0.1) is 10.2 Å². The number of carbonyl (C=O) groups excluding carboxylic acids is 1. The summed E-state index contributed by atoms with van der Waals surface area (Å²) in [6.45, 7) is 0.673. The highest BCUT2D eigenvalue weighted by atomic mass is 35.5. The first kappa shape index (κ1) is 26.0. The topological polar surface area (TPSA) is 119 Å². The van der Waals surface area contributed by atoms with Crippen molar-refractivity contribution in [3.8, 4) is 5.75 Å². The van der Waals surface area contributed by atoms with Gasteiger partial charge >= 0.3 is 0 Å². The third kappa shape index (κ3) is 7.69. The molecule has 1 aromatic heterocycles. The summed E-state index contributed by atoms with van der Waals surface area (Å²) in [6, 6.07) is 20.8. The minimum atomic E-state index is -0.326. The molecular formula is C25H23ClFN7O2S. The number of thioether (sulfide) groups is 1. The van der Waals surface area contributed by atoms with Crippen molar-refractivity contribution < 1.29 is 13.9 Å². The number of hydrogen-bond acceptors (Lipinski definition) is 8. The Morgan fingerprint density at radius 1 is 1.08 bits per heavy atom. The first-order valence-corrected chi connectivity index (χ1v) is 12.4. The van der Waals surface area contributed by atoms with Crippen molar-refractivity contribution >= 4 is 41.4 Å². The number of ether oxygens (including phenoxy) is 1. The molecule has 0 radical (unpaired) electrons. The van der Waals surface area contributed by atoms with Gasteiger partial charge < -0.3 is 15.9 Å². The molecule has 4 rings (SSSR count). The molecule has 3 aromatic carbocycles. The third-order valence-corrected chi connectivity index (χ3v) is 6.19. The second-order valence-electron chi connectivity index (χ2n) is 7.69. The van der Waals surface area contributed by atoms with Crippen molar-refractivity contribution in [2.75, 3.05) is 17.0 Å². The number of nitrogens with one attached hydrogen (secondary N) is 2. The maximum atomic E-state index is 13.0. The first-order valence-electron chi connectivity index (χ1n) is 11.1. The molecule has 0 spiro atoms. The third-order valence-electron chi connectivity index (χ3n) is 4.99. The van der Waals surface area contributed by atoms with E-state index in [0.717, 1.165) is 28.5 Å². The zero-order valence-corrected chi connectivity index (χ0v) is 21.0. The molecule has 37 heavy (non-hydrogen) atoms. The minimum Gasteiger partial charge on any atom is -0.488 e. The molecule has 12 heteroatoms. The Kier molecular flexibility index (Phi) is 8.95. The Bertz CT molecular complexity index is 1360. The predicted octanol–water partition coefficient (Wildman–Crippen LogP) is 4.22. The van der Waals surface area contributed by atoms with E-state index in [0.29, 0.717) is 29.1 Å². The lowest BCUT2D eigenvalue weighted by Crippen LogP contribution is -2.25. The summed E-state index contributed by atoms with van der Waals surface area (Å²) in [5.41, 5.74) is 5.28. The first-order chi connectivity index (χ1) is 18.0. The van der Waals surface area contributed by atoms with Crippen LogP contribution < -0.4 is 21.3 Å². The van der Waals surface area contributed by atoms with Crippen molar-refractivity contribution in [3.05, 3.63) is 100 Å². The minimum absolute atomic E-state index is 0.0815. The molecule has 1 amide bonds. The largest absolute Gasteiger partial charge is 0.488 e.